The second-order valence-electron chi connectivity index (χ2n) is 6.31. The van der Waals surface area contributed by atoms with Crippen LogP contribution in [0.2, 0.25) is 0 Å². The van der Waals surface area contributed by atoms with Crippen molar-refractivity contribution in [2.75, 3.05) is 18.0 Å². The van der Waals surface area contributed by atoms with Gasteiger partial charge in [0.15, 0.2) is 6.04 Å². The number of carboxylic acids is 1. The van der Waals surface area contributed by atoms with E-state index >= 15 is 0 Å². The van der Waals surface area contributed by atoms with Crippen molar-refractivity contribution in [2.45, 2.75) is 18.9 Å². The van der Waals surface area contributed by atoms with Crippen LogP contribution in [0.5, 0.6) is 0 Å². The van der Waals surface area contributed by atoms with E-state index in [1.165, 1.54) is 12.1 Å². The number of anilines is 1. The van der Waals surface area contributed by atoms with Gasteiger partial charge in [0, 0.05) is 24.7 Å². The lowest BCUT2D eigenvalue weighted by atomic mass is 10.1. The molecule has 1 amide bonds. The van der Waals surface area contributed by atoms with Crippen LogP contribution < -0.4 is 10.2 Å². The SMILES string of the molecule is O=C(N[C@H](C(=O)O)c1ccccc1)c1ccc(N2CCCC2)c([N+](=O)[O-])c1. The van der Waals surface area contributed by atoms with Crippen molar-refractivity contribution in [1.29, 1.82) is 0 Å². The summed E-state index contributed by atoms with van der Waals surface area (Å²) in [7, 11) is 0. The number of benzene rings is 2. The molecule has 2 aromatic carbocycles. The number of hydrogen-bond acceptors (Lipinski definition) is 5. The number of carbonyl (C=O) groups excluding carboxylic acids is 1. The molecule has 0 spiro atoms. The largest absolute Gasteiger partial charge is 0.479 e. The molecule has 1 aliphatic rings. The monoisotopic (exact) mass is 369 g/mol. The highest BCUT2D eigenvalue weighted by molar-refractivity contribution is 5.98. The van der Waals surface area contributed by atoms with E-state index in [4.69, 9.17) is 0 Å². The van der Waals surface area contributed by atoms with Gasteiger partial charge in [-0.15, -0.1) is 0 Å². The fraction of sp³-hybridized carbons (Fsp3) is 0.263. The molecule has 140 valence electrons. The Bertz CT molecular complexity index is 863. The minimum absolute atomic E-state index is 0.0480. The third-order valence-electron chi connectivity index (χ3n) is 4.54. The highest BCUT2D eigenvalue weighted by Crippen LogP contribution is 2.31. The van der Waals surface area contributed by atoms with Crippen molar-refractivity contribution in [3.05, 3.63) is 69.8 Å². The van der Waals surface area contributed by atoms with E-state index in [1.807, 2.05) is 4.90 Å². The Morgan fingerprint density at radius 3 is 2.37 bits per heavy atom. The standard InChI is InChI=1S/C19H19N3O5/c23-18(20-17(19(24)25)13-6-2-1-3-7-13)14-8-9-15(16(12-14)22(26)27)21-10-4-5-11-21/h1-3,6-9,12,17H,4-5,10-11H2,(H,20,23)(H,24,25)/t17-/m0/s1. The zero-order valence-electron chi connectivity index (χ0n) is 14.5. The first-order chi connectivity index (χ1) is 13.0. The van der Waals surface area contributed by atoms with Crippen LogP contribution >= 0.6 is 0 Å². The molecule has 0 radical (unpaired) electrons. The highest BCUT2D eigenvalue weighted by atomic mass is 16.6. The zero-order valence-corrected chi connectivity index (χ0v) is 14.5. The molecule has 1 atom stereocenters. The summed E-state index contributed by atoms with van der Waals surface area (Å²) in [6.45, 7) is 1.48. The van der Waals surface area contributed by atoms with Crippen LogP contribution in [0, 0.1) is 10.1 Å². The van der Waals surface area contributed by atoms with Gasteiger partial charge in [0.1, 0.15) is 5.69 Å². The summed E-state index contributed by atoms with van der Waals surface area (Å²) < 4.78 is 0. The summed E-state index contributed by atoms with van der Waals surface area (Å²) in [4.78, 5) is 36.9. The molecule has 0 bridgehead atoms. The Balaban J connectivity index is 1.86. The molecule has 0 aliphatic carbocycles. The number of amides is 1. The van der Waals surface area contributed by atoms with Gasteiger partial charge in [-0.3, -0.25) is 14.9 Å². The van der Waals surface area contributed by atoms with Crippen molar-refractivity contribution < 1.29 is 19.6 Å². The lowest BCUT2D eigenvalue weighted by molar-refractivity contribution is -0.384. The van der Waals surface area contributed by atoms with Gasteiger partial charge in [0.05, 0.1) is 4.92 Å². The molecule has 3 rings (SSSR count). The van der Waals surface area contributed by atoms with Crippen LogP contribution in [0.3, 0.4) is 0 Å². The maximum Gasteiger partial charge on any atom is 0.330 e. The predicted molar refractivity (Wildman–Crippen MR) is 98.8 cm³/mol. The van der Waals surface area contributed by atoms with Crippen molar-refractivity contribution in [1.82, 2.24) is 5.32 Å². The van der Waals surface area contributed by atoms with E-state index in [0.717, 1.165) is 25.9 Å². The molecule has 27 heavy (non-hydrogen) atoms. The summed E-state index contributed by atoms with van der Waals surface area (Å²) in [6, 6.07) is 11.3. The normalized spacial score (nSPS) is 14.6. The highest BCUT2D eigenvalue weighted by Gasteiger charge is 2.26. The van der Waals surface area contributed by atoms with Crippen LogP contribution in [0.25, 0.3) is 0 Å². The number of carbonyl (C=O) groups is 2. The molecule has 0 saturated carbocycles. The second-order valence-corrected chi connectivity index (χ2v) is 6.31. The number of hydrogen-bond donors (Lipinski definition) is 2. The summed E-state index contributed by atoms with van der Waals surface area (Å²) in [5.74, 6) is -1.89. The lowest BCUT2D eigenvalue weighted by Gasteiger charge is -2.18. The Morgan fingerprint density at radius 1 is 1.11 bits per heavy atom. The minimum atomic E-state index is -1.24. The number of nitro benzene ring substituents is 1. The van der Waals surface area contributed by atoms with Crippen LogP contribution in [0.4, 0.5) is 11.4 Å². The number of nitrogens with one attached hydrogen (secondary N) is 1. The number of nitrogens with zero attached hydrogens (tertiary/aromatic N) is 2. The Labute approximate surface area is 155 Å². The molecule has 1 saturated heterocycles. The van der Waals surface area contributed by atoms with Crippen molar-refractivity contribution in [3.63, 3.8) is 0 Å². The van der Waals surface area contributed by atoms with Gasteiger partial charge in [-0.2, -0.15) is 0 Å². The lowest BCUT2D eigenvalue weighted by Crippen LogP contribution is -2.33. The third-order valence-corrected chi connectivity index (χ3v) is 4.54. The molecule has 8 nitrogen and oxygen atoms in total. The van der Waals surface area contributed by atoms with Gasteiger partial charge in [0.2, 0.25) is 0 Å². The van der Waals surface area contributed by atoms with Crippen LogP contribution in [0.1, 0.15) is 34.8 Å². The molecule has 2 aromatic rings. The number of aliphatic carboxylic acids is 1. The first-order valence-electron chi connectivity index (χ1n) is 8.59. The van der Waals surface area contributed by atoms with Crippen molar-refractivity contribution in [2.24, 2.45) is 0 Å². The van der Waals surface area contributed by atoms with E-state index in [1.54, 1.807) is 36.4 Å². The van der Waals surface area contributed by atoms with Crippen molar-refractivity contribution >= 4 is 23.3 Å². The zero-order chi connectivity index (χ0) is 19.4. The van der Waals surface area contributed by atoms with E-state index in [0.29, 0.717) is 11.3 Å². The molecule has 0 aromatic heterocycles. The van der Waals surface area contributed by atoms with Crippen LogP contribution in [0.15, 0.2) is 48.5 Å². The fourth-order valence-corrected chi connectivity index (χ4v) is 3.18. The molecule has 1 fully saturated rings. The average molecular weight is 369 g/mol. The maximum atomic E-state index is 12.5. The first-order valence-corrected chi connectivity index (χ1v) is 8.59. The van der Waals surface area contributed by atoms with Crippen LogP contribution in [-0.4, -0.2) is 35.0 Å². The van der Waals surface area contributed by atoms with Crippen molar-refractivity contribution in [3.8, 4) is 0 Å². The molecule has 1 aliphatic heterocycles. The number of nitro groups is 1. The predicted octanol–water partition coefficient (Wildman–Crippen LogP) is 2.75. The van der Waals surface area contributed by atoms with Crippen LogP contribution in [-0.2, 0) is 4.79 Å². The molecular formula is C19H19N3O5. The fourth-order valence-electron chi connectivity index (χ4n) is 3.18. The number of rotatable bonds is 6. The van der Waals surface area contributed by atoms with Gasteiger partial charge < -0.3 is 15.3 Å². The van der Waals surface area contributed by atoms with Gasteiger partial charge in [0.25, 0.3) is 11.6 Å². The minimum Gasteiger partial charge on any atom is -0.479 e. The molecule has 1 heterocycles. The van der Waals surface area contributed by atoms with E-state index in [2.05, 4.69) is 5.32 Å². The van der Waals surface area contributed by atoms with E-state index in [-0.39, 0.29) is 11.3 Å². The Hall–Kier alpha value is -3.42. The maximum absolute atomic E-state index is 12.5. The molecular weight excluding hydrogens is 350 g/mol. The van der Waals surface area contributed by atoms with E-state index < -0.39 is 22.8 Å². The summed E-state index contributed by atoms with van der Waals surface area (Å²) in [6.07, 6.45) is 1.94. The quantitative estimate of drug-likeness (QED) is 0.598. The summed E-state index contributed by atoms with van der Waals surface area (Å²) in [5, 5.41) is 23.3. The average Bonchev–Trinajstić information content (AvgIpc) is 3.20. The number of carboxylic acid groups (broad SMARTS) is 1. The van der Waals surface area contributed by atoms with Gasteiger partial charge in [-0.25, -0.2) is 4.79 Å². The Kier molecular flexibility index (Phi) is 5.35. The topological polar surface area (TPSA) is 113 Å². The third kappa shape index (κ3) is 4.05. The van der Waals surface area contributed by atoms with Gasteiger partial charge in [-0.1, -0.05) is 30.3 Å². The van der Waals surface area contributed by atoms with E-state index in [9.17, 15) is 24.8 Å². The smallest absolute Gasteiger partial charge is 0.330 e. The summed E-state index contributed by atoms with van der Waals surface area (Å²) >= 11 is 0. The first kappa shape index (κ1) is 18.4. The van der Waals surface area contributed by atoms with Gasteiger partial charge in [-0.05, 0) is 30.5 Å². The summed E-state index contributed by atoms with van der Waals surface area (Å²) in [5.41, 5.74) is 0.788. The second kappa shape index (κ2) is 7.86. The molecule has 0 unspecified atom stereocenters. The molecule has 8 heteroatoms. The Morgan fingerprint density at radius 2 is 1.78 bits per heavy atom. The van der Waals surface area contributed by atoms with Gasteiger partial charge >= 0.3 is 5.97 Å². The molecule has 2 N–H and O–H groups in total.